The second kappa shape index (κ2) is 11.5. The molecule has 0 saturated carbocycles. The monoisotopic (exact) mass is 412 g/mol. The second-order valence-electron chi connectivity index (χ2n) is 4.61. The molecular weight excluding hydrogens is 389 g/mol. The standard InChI is InChI=1S/C5H12O7P2.C5H11O4P/c1-5(2)3-4-11-14(9,10)12-13(6,7)8;1-5(2)3-4-9-10(6,7)8/h1,3-4H2,2H3,(H,9,10)(H2,6,7,8);1,3-4H2,2H3,(H2,6,7,8). The molecule has 24 heavy (non-hydrogen) atoms. The summed E-state index contributed by atoms with van der Waals surface area (Å²) in [6.07, 6.45) is 0.778. The van der Waals surface area contributed by atoms with E-state index in [1.807, 2.05) is 0 Å². The van der Waals surface area contributed by atoms with Crippen LogP contribution < -0.4 is 0 Å². The van der Waals surface area contributed by atoms with Gasteiger partial charge in [0.1, 0.15) is 0 Å². The molecule has 0 bridgehead atoms. The lowest BCUT2D eigenvalue weighted by molar-refractivity contribution is 0.179. The summed E-state index contributed by atoms with van der Waals surface area (Å²) in [5, 5.41) is 0. The molecule has 5 N–H and O–H groups in total. The first-order chi connectivity index (χ1) is 10.5. The van der Waals surface area contributed by atoms with Crippen LogP contribution in [-0.2, 0) is 27.1 Å². The van der Waals surface area contributed by atoms with Crippen LogP contribution in [0.25, 0.3) is 0 Å². The fraction of sp³-hybridized carbons (Fsp3) is 0.600. The average Bonchev–Trinajstić information content (AvgIpc) is 2.22. The number of phosphoric acid groups is 3. The maximum atomic E-state index is 10.8. The van der Waals surface area contributed by atoms with Crippen LogP contribution in [0.4, 0.5) is 0 Å². The summed E-state index contributed by atoms with van der Waals surface area (Å²) in [6, 6.07) is 0. The smallest absolute Gasteiger partial charge is 0.303 e. The van der Waals surface area contributed by atoms with Crippen molar-refractivity contribution >= 4 is 23.5 Å². The number of phosphoric ester groups is 2. The van der Waals surface area contributed by atoms with Gasteiger partial charge in [-0.1, -0.05) is 11.1 Å². The van der Waals surface area contributed by atoms with Crippen LogP contribution >= 0.6 is 23.5 Å². The van der Waals surface area contributed by atoms with Crippen LogP contribution in [0.2, 0.25) is 0 Å². The van der Waals surface area contributed by atoms with Crippen molar-refractivity contribution in [3.8, 4) is 0 Å². The van der Waals surface area contributed by atoms with Gasteiger partial charge in [0.05, 0.1) is 13.2 Å². The normalized spacial score (nSPS) is 14.3. The highest BCUT2D eigenvalue weighted by Gasteiger charge is 2.31. The first-order valence-corrected chi connectivity index (χ1v) is 10.8. The van der Waals surface area contributed by atoms with Crippen molar-refractivity contribution in [3.05, 3.63) is 24.3 Å². The molecule has 0 spiro atoms. The Bertz CT molecular complexity index is 546. The fourth-order valence-corrected chi connectivity index (χ4v) is 2.75. The quantitative estimate of drug-likeness (QED) is 0.262. The van der Waals surface area contributed by atoms with E-state index >= 15 is 0 Å². The fourth-order valence-electron chi connectivity index (χ4n) is 0.832. The maximum absolute atomic E-state index is 10.8. The van der Waals surface area contributed by atoms with Gasteiger partial charge in [-0.25, -0.2) is 13.7 Å². The molecule has 0 aliphatic rings. The highest BCUT2D eigenvalue weighted by Crippen LogP contribution is 2.57. The molecule has 0 aromatic carbocycles. The molecule has 11 nitrogen and oxygen atoms in total. The lowest BCUT2D eigenvalue weighted by Crippen LogP contribution is -1.96. The predicted octanol–water partition coefficient (Wildman–Crippen LogP) is 2.24. The highest BCUT2D eigenvalue weighted by atomic mass is 31.3. The molecule has 1 unspecified atom stereocenters. The van der Waals surface area contributed by atoms with Gasteiger partial charge in [-0.05, 0) is 26.7 Å². The van der Waals surface area contributed by atoms with E-state index in [0.29, 0.717) is 18.4 Å². The van der Waals surface area contributed by atoms with E-state index < -0.39 is 23.5 Å². The molecule has 0 amide bonds. The molecule has 1 atom stereocenters. The minimum absolute atomic E-state index is 0.0274. The van der Waals surface area contributed by atoms with Gasteiger partial charge >= 0.3 is 23.5 Å². The summed E-state index contributed by atoms with van der Waals surface area (Å²) < 4.78 is 43.0. The van der Waals surface area contributed by atoms with Gasteiger partial charge < -0.3 is 24.5 Å². The molecule has 0 radical (unpaired) electrons. The Morgan fingerprint density at radius 3 is 1.46 bits per heavy atom. The van der Waals surface area contributed by atoms with Gasteiger partial charge in [0.15, 0.2) is 0 Å². The second-order valence-corrected chi connectivity index (χ2v) is 8.68. The molecule has 14 heteroatoms. The Balaban J connectivity index is 0. The minimum Gasteiger partial charge on any atom is -0.303 e. The van der Waals surface area contributed by atoms with E-state index in [2.05, 4.69) is 26.5 Å². The van der Waals surface area contributed by atoms with E-state index in [-0.39, 0.29) is 13.2 Å². The summed E-state index contributed by atoms with van der Waals surface area (Å²) in [5.41, 5.74) is 1.55. The van der Waals surface area contributed by atoms with Gasteiger partial charge in [-0.15, -0.1) is 13.2 Å². The maximum Gasteiger partial charge on any atom is 0.481 e. The van der Waals surface area contributed by atoms with Crippen LogP contribution in [-0.4, -0.2) is 37.7 Å². The lowest BCUT2D eigenvalue weighted by atomic mass is 10.3. The molecular formula is C10H23O11P3. The van der Waals surface area contributed by atoms with Crippen molar-refractivity contribution in [1.82, 2.24) is 0 Å². The van der Waals surface area contributed by atoms with Crippen LogP contribution in [0, 0.1) is 0 Å². The average molecular weight is 412 g/mol. The Hall–Kier alpha value is -0.150. The zero-order valence-corrected chi connectivity index (χ0v) is 16.0. The van der Waals surface area contributed by atoms with Gasteiger partial charge in [0, 0.05) is 0 Å². The highest BCUT2D eigenvalue weighted by molar-refractivity contribution is 7.60. The van der Waals surface area contributed by atoms with E-state index in [1.165, 1.54) is 0 Å². The van der Waals surface area contributed by atoms with Crippen LogP contribution in [0.3, 0.4) is 0 Å². The SMILES string of the molecule is C=C(C)CCOP(=O)(O)O.C=C(C)CCOP(=O)(O)OP(=O)(O)O. The molecule has 0 aromatic heterocycles. The Morgan fingerprint density at radius 2 is 1.17 bits per heavy atom. The Kier molecular flexibility index (Phi) is 12.5. The first kappa shape index (κ1) is 26.1. The van der Waals surface area contributed by atoms with Crippen LogP contribution in [0.1, 0.15) is 26.7 Å². The Labute approximate surface area is 140 Å². The largest absolute Gasteiger partial charge is 0.481 e. The van der Waals surface area contributed by atoms with Gasteiger partial charge in [0.2, 0.25) is 0 Å². The zero-order valence-electron chi connectivity index (χ0n) is 13.3. The Morgan fingerprint density at radius 1 is 0.792 bits per heavy atom. The van der Waals surface area contributed by atoms with E-state index in [0.717, 1.165) is 5.57 Å². The third-order valence-corrected chi connectivity index (χ3v) is 4.49. The summed E-state index contributed by atoms with van der Waals surface area (Å²) in [4.78, 5) is 41.6. The van der Waals surface area contributed by atoms with E-state index in [9.17, 15) is 13.7 Å². The molecule has 0 aliphatic heterocycles. The van der Waals surface area contributed by atoms with Gasteiger partial charge in [0.25, 0.3) is 0 Å². The van der Waals surface area contributed by atoms with Crippen LogP contribution in [0.15, 0.2) is 24.3 Å². The third-order valence-electron chi connectivity index (χ3n) is 1.78. The summed E-state index contributed by atoms with van der Waals surface area (Å²) in [7, 11) is -13.9. The van der Waals surface area contributed by atoms with Crippen molar-refractivity contribution < 1.29 is 51.5 Å². The predicted molar refractivity (Wildman–Crippen MR) is 85.8 cm³/mol. The topological polar surface area (TPSA) is 180 Å². The van der Waals surface area contributed by atoms with Crippen molar-refractivity contribution in [3.63, 3.8) is 0 Å². The molecule has 144 valence electrons. The van der Waals surface area contributed by atoms with Gasteiger partial charge in [-0.3, -0.25) is 9.05 Å². The van der Waals surface area contributed by atoms with Crippen molar-refractivity contribution in [1.29, 1.82) is 0 Å². The van der Waals surface area contributed by atoms with E-state index in [1.54, 1.807) is 13.8 Å². The number of rotatable bonds is 10. The first-order valence-electron chi connectivity index (χ1n) is 6.27. The number of hydrogen-bond donors (Lipinski definition) is 5. The van der Waals surface area contributed by atoms with Crippen molar-refractivity contribution in [2.24, 2.45) is 0 Å². The molecule has 0 rings (SSSR count). The molecule has 0 aliphatic carbocycles. The molecule has 0 saturated heterocycles. The summed E-state index contributed by atoms with van der Waals surface area (Å²) >= 11 is 0. The van der Waals surface area contributed by atoms with Crippen molar-refractivity contribution in [2.75, 3.05) is 13.2 Å². The van der Waals surface area contributed by atoms with Crippen LogP contribution in [0.5, 0.6) is 0 Å². The minimum atomic E-state index is -5.01. The van der Waals surface area contributed by atoms with E-state index in [4.69, 9.17) is 24.5 Å². The molecule has 0 heterocycles. The number of hydrogen-bond acceptors (Lipinski definition) is 6. The summed E-state index contributed by atoms with van der Waals surface area (Å²) in [5.74, 6) is 0. The zero-order chi connectivity index (χ0) is 19.6. The van der Waals surface area contributed by atoms with Crippen molar-refractivity contribution in [2.45, 2.75) is 26.7 Å². The summed E-state index contributed by atoms with van der Waals surface area (Å²) in [6.45, 7) is 10.3. The lowest BCUT2D eigenvalue weighted by Gasteiger charge is -2.11. The van der Waals surface area contributed by atoms with Gasteiger partial charge in [-0.2, -0.15) is 4.31 Å². The molecule has 0 aromatic rings. The third kappa shape index (κ3) is 24.1. The molecule has 0 fully saturated rings.